The number of rotatable bonds is 1. The highest BCUT2D eigenvalue weighted by molar-refractivity contribution is 6.31. The molecule has 27 heavy (non-hydrogen) atoms. The molecule has 0 fully saturated rings. The molecule has 1 aliphatic carbocycles. The third-order valence-corrected chi connectivity index (χ3v) is 6.62. The summed E-state index contributed by atoms with van der Waals surface area (Å²) in [4.78, 5) is 15.4. The summed E-state index contributed by atoms with van der Waals surface area (Å²) in [6.07, 6.45) is 3.27. The first-order valence-electron chi connectivity index (χ1n) is 9.73. The molecule has 0 N–H and O–H groups in total. The largest absolute Gasteiger partial charge is 0.341 e. The summed E-state index contributed by atoms with van der Waals surface area (Å²) in [5.74, 6) is 0.0995. The Balaban J connectivity index is 1.60. The van der Waals surface area contributed by atoms with Crippen LogP contribution in [-0.2, 0) is 13.0 Å². The number of carbonyl (C=O) groups excluding carboxylic acids is 1. The molecule has 3 nitrogen and oxygen atoms in total. The van der Waals surface area contributed by atoms with Crippen LogP contribution in [0.4, 0.5) is 0 Å². The molecule has 0 spiro atoms. The lowest BCUT2D eigenvalue weighted by molar-refractivity contribution is 0.0601. The minimum Gasteiger partial charge on any atom is -0.341 e. The van der Waals surface area contributed by atoms with E-state index in [2.05, 4.69) is 34.6 Å². The van der Waals surface area contributed by atoms with Crippen molar-refractivity contribution in [3.8, 4) is 0 Å². The van der Waals surface area contributed by atoms with E-state index in [1.165, 1.54) is 27.7 Å². The zero-order chi connectivity index (χ0) is 18.7. The maximum atomic E-state index is 13.3. The van der Waals surface area contributed by atoms with Crippen molar-refractivity contribution in [3.05, 3.63) is 69.4 Å². The Kier molecular flexibility index (Phi) is 3.83. The van der Waals surface area contributed by atoms with Gasteiger partial charge in [-0.3, -0.25) is 4.79 Å². The summed E-state index contributed by atoms with van der Waals surface area (Å²) >= 11 is 6.28. The van der Waals surface area contributed by atoms with Gasteiger partial charge in [0.05, 0.1) is 6.04 Å². The molecule has 1 aliphatic heterocycles. The summed E-state index contributed by atoms with van der Waals surface area (Å²) < 4.78 is 2.46. The molecule has 0 saturated heterocycles. The van der Waals surface area contributed by atoms with Crippen LogP contribution in [0.5, 0.6) is 0 Å². The van der Waals surface area contributed by atoms with Crippen molar-refractivity contribution < 1.29 is 4.79 Å². The molecule has 138 valence electrons. The number of aryl methyl sites for hydroxylation is 3. The standard InChI is InChI=1S/C23H23ClN2O/c1-14-6-9-20-18(12-14)17-4-3-5-21-22(17)25(20)10-11-26(21)23(27)16-8-7-15(2)19(24)13-16/h6-9,12-13,21H,3-5,10-11H2,1-2H3/t21-/m1/s1. The van der Waals surface area contributed by atoms with E-state index in [1.807, 2.05) is 25.1 Å². The fraction of sp³-hybridized carbons (Fsp3) is 0.348. The predicted octanol–water partition coefficient (Wildman–Crippen LogP) is 5.44. The van der Waals surface area contributed by atoms with Crippen LogP contribution < -0.4 is 0 Å². The molecule has 2 aromatic carbocycles. The van der Waals surface area contributed by atoms with Gasteiger partial charge in [-0.2, -0.15) is 0 Å². The van der Waals surface area contributed by atoms with Gasteiger partial charge in [-0.1, -0.05) is 29.3 Å². The molecule has 1 atom stereocenters. The second kappa shape index (κ2) is 6.13. The number of carbonyl (C=O) groups is 1. The van der Waals surface area contributed by atoms with Crippen molar-refractivity contribution in [3.63, 3.8) is 0 Å². The Morgan fingerprint density at radius 1 is 1.11 bits per heavy atom. The zero-order valence-electron chi connectivity index (χ0n) is 15.8. The van der Waals surface area contributed by atoms with Gasteiger partial charge in [0.1, 0.15) is 0 Å². The molecule has 0 unspecified atom stereocenters. The minimum absolute atomic E-state index is 0.0995. The lowest BCUT2D eigenvalue weighted by Gasteiger charge is -2.40. The van der Waals surface area contributed by atoms with Crippen molar-refractivity contribution in [1.29, 1.82) is 0 Å². The van der Waals surface area contributed by atoms with Gasteiger partial charge in [0.15, 0.2) is 0 Å². The van der Waals surface area contributed by atoms with E-state index in [9.17, 15) is 4.79 Å². The van der Waals surface area contributed by atoms with Gasteiger partial charge in [-0.05, 0) is 68.5 Å². The van der Waals surface area contributed by atoms with Crippen LogP contribution in [0.2, 0.25) is 5.02 Å². The van der Waals surface area contributed by atoms with Gasteiger partial charge in [0.2, 0.25) is 0 Å². The number of benzene rings is 2. The number of fused-ring (bicyclic) bond motifs is 3. The Morgan fingerprint density at radius 3 is 2.78 bits per heavy atom. The highest BCUT2D eigenvalue weighted by atomic mass is 35.5. The maximum Gasteiger partial charge on any atom is 0.254 e. The molecule has 5 rings (SSSR count). The molecule has 0 radical (unpaired) electrons. The molecule has 4 heteroatoms. The van der Waals surface area contributed by atoms with Gasteiger partial charge < -0.3 is 9.47 Å². The third-order valence-electron chi connectivity index (χ3n) is 6.21. The monoisotopic (exact) mass is 378 g/mol. The lowest BCUT2D eigenvalue weighted by atomic mass is 9.89. The molecule has 0 bridgehead atoms. The number of halogens is 1. The Bertz CT molecular complexity index is 1080. The summed E-state index contributed by atoms with van der Waals surface area (Å²) in [5, 5.41) is 2.04. The van der Waals surface area contributed by atoms with E-state index < -0.39 is 0 Å². The van der Waals surface area contributed by atoms with Crippen LogP contribution >= 0.6 is 11.6 Å². The van der Waals surface area contributed by atoms with Crippen molar-refractivity contribution in [2.45, 2.75) is 45.7 Å². The normalized spacial score (nSPS) is 18.6. The lowest BCUT2D eigenvalue weighted by Crippen LogP contribution is -2.43. The van der Waals surface area contributed by atoms with Crippen LogP contribution in [0.3, 0.4) is 0 Å². The van der Waals surface area contributed by atoms with Crippen LogP contribution in [0.15, 0.2) is 36.4 Å². The van der Waals surface area contributed by atoms with Crippen molar-refractivity contribution in [1.82, 2.24) is 9.47 Å². The first-order chi connectivity index (χ1) is 13.0. The van der Waals surface area contributed by atoms with E-state index in [-0.39, 0.29) is 11.9 Å². The third kappa shape index (κ3) is 2.52. The topological polar surface area (TPSA) is 25.2 Å². The average Bonchev–Trinajstić information content (AvgIpc) is 2.99. The van der Waals surface area contributed by atoms with Crippen molar-refractivity contribution in [2.24, 2.45) is 0 Å². The number of hydrogen-bond acceptors (Lipinski definition) is 1. The van der Waals surface area contributed by atoms with E-state index in [4.69, 9.17) is 11.6 Å². The quantitative estimate of drug-likeness (QED) is 0.553. The maximum absolute atomic E-state index is 13.3. The fourth-order valence-electron chi connectivity index (χ4n) is 4.85. The molecule has 1 amide bonds. The molecular weight excluding hydrogens is 356 g/mol. The molecule has 2 heterocycles. The molecule has 2 aliphatic rings. The highest BCUT2D eigenvalue weighted by Crippen LogP contribution is 2.43. The van der Waals surface area contributed by atoms with Gasteiger partial charge in [0, 0.05) is 40.3 Å². The Hall–Kier alpha value is -2.26. The van der Waals surface area contributed by atoms with E-state index in [0.29, 0.717) is 10.6 Å². The van der Waals surface area contributed by atoms with E-state index in [1.54, 1.807) is 0 Å². The minimum atomic E-state index is 0.0995. The van der Waals surface area contributed by atoms with Gasteiger partial charge in [0.25, 0.3) is 5.91 Å². The van der Waals surface area contributed by atoms with Crippen LogP contribution in [-0.4, -0.2) is 21.9 Å². The Labute approximate surface area is 164 Å². The van der Waals surface area contributed by atoms with Crippen LogP contribution in [0, 0.1) is 13.8 Å². The molecule has 3 aromatic rings. The van der Waals surface area contributed by atoms with Crippen molar-refractivity contribution in [2.75, 3.05) is 6.54 Å². The van der Waals surface area contributed by atoms with Gasteiger partial charge >= 0.3 is 0 Å². The van der Waals surface area contributed by atoms with Crippen molar-refractivity contribution >= 4 is 28.4 Å². The van der Waals surface area contributed by atoms with Gasteiger partial charge in [-0.25, -0.2) is 0 Å². The zero-order valence-corrected chi connectivity index (χ0v) is 16.5. The average molecular weight is 379 g/mol. The first-order valence-corrected chi connectivity index (χ1v) is 10.1. The molecule has 1 aromatic heterocycles. The second-order valence-corrected chi connectivity index (χ2v) is 8.31. The predicted molar refractivity (Wildman–Crippen MR) is 110 cm³/mol. The summed E-state index contributed by atoms with van der Waals surface area (Å²) in [7, 11) is 0. The van der Waals surface area contributed by atoms with Crippen LogP contribution in [0.25, 0.3) is 10.9 Å². The summed E-state index contributed by atoms with van der Waals surface area (Å²) in [6, 6.07) is 12.6. The van der Waals surface area contributed by atoms with E-state index in [0.717, 1.165) is 37.9 Å². The number of hydrogen-bond donors (Lipinski definition) is 0. The molecular formula is C23H23ClN2O. The molecule has 0 saturated carbocycles. The van der Waals surface area contributed by atoms with E-state index >= 15 is 0 Å². The Morgan fingerprint density at radius 2 is 1.96 bits per heavy atom. The second-order valence-electron chi connectivity index (χ2n) is 7.91. The summed E-state index contributed by atoms with van der Waals surface area (Å²) in [6.45, 7) is 5.72. The van der Waals surface area contributed by atoms with Crippen LogP contribution in [0.1, 0.15) is 51.6 Å². The number of aromatic nitrogens is 1. The highest BCUT2D eigenvalue weighted by Gasteiger charge is 2.37. The SMILES string of the molecule is Cc1ccc2c(c1)c1c3n2CCN(C(=O)c2ccc(C)c(Cl)c2)[C@@H]3CCC1. The fourth-order valence-corrected chi connectivity index (χ4v) is 5.03. The summed E-state index contributed by atoms with van der Waals surface area (Å²) in [5.41, 5.74) is 7.12. The number of nitrogens with zero attached hydrogens (tertiary/aromatic N) is 2. The smallest absolute Gasteiger partial charge is 0.254 e. The van der Waals surface area contributed by atoms with Gasteiger partial charge in [-0.15, -0.1) is 0 Å². The first kappa shape index (κ1) is 16.9. The number of amides is 1.